The summed E-state index contributed by atoms with van der Waals surface area (Å²) in [5.41, 5.74) is 8.76. The Balaban J connectivity index is 0.000000226. The molecular formula is C45H37FN2S. The van der Waals surface area contributed by atoms with Gasteiger partial charge in [-0.3, -0.25) is 4.99 Å². The molecule has 0 radical (unpaired) electrons. The highest BCUT2D eigenvalue weighted by Gasteiger charge is 2.18. The average Bonchev–Trinajstić information content (AvgIpc) is 3.14. The van der Waals surface area contributed by atoms with Crippen LogP contribution in [0.5, 0.6) is 0 Å². The Morgan fingerprint density at radius 2 is 1.18 bits per heavy atom. The van der Waals surface area contributed by atoms with Crippen LogP contribution in [0.2, 0.25) is 0 Å². The predicted octanol–water partition coefficient (Wildman–Crippen LogP) is 13.8. The van der Waals surface area contributed by atoms with E-state index in [4.69, 9.17) is 0 Å². The van der Waals surface area contributed by atoms with Gasteiger partial charge in [0.05, 0.1) is 11.4 Å². The van der Waals surface area contributed by atoms with Crippen LogP contribution in [0.15, 0.2) is 163 Å². The van der Waals surface area contributed by atoms with Crippen molar-refractivity contribution in [1.82, 2.24) is 0 Å². The van der Waals surface area contributed by atoms with Crippen LogP contribution in [0.3, 0.4) is 0 Å². The summed E-state index contributed by atoms with van der Waals surface area (Å²) in [5, 5.41) is 7.14. The zero-order valence-electron chi connectivity index (χ0n) is 27.7. The molecule has 1 N–H and O–H groups in total. The summed E-state index contributed by atoms with van der Waals surface area (Å²) in [5.74, 6) is 0. The fraction of sp³-hybridized carbons (Fsp3) is 0.0889. The van der Waals surface area contributed by atoms with E-state index in [1.807, 2.05) is 18.2 Å². The molecule has 8 rings (SSSR count). The van der Waals surface area contributed by atoms with E-state index < -0.39 is 0 Å². The Morgan fingerprint density at radius 1 is 0.633 bits per heavy atom. The fourth-order valence-electron chi connectivity index (χ4n) is 6.71. The van der Waals surface area contributed by atoms with Crippen molar-refractivity contribution in [1.29, 1.82) is 0 Å². The van der Waals surface area contributed by atoms with Gasteiger partial charge in [-0.25, -0.2) is 0 Å². The third kappa shape index (κ3) is 6.65. The second-order valence-corrected chi connectivity index (χ2v) is 13.4. The molecule has 0 bridgehead atoms. The molecule has 7 aromatic carbocycles. The van der Waals surface area contributed by atoms with Gasteiger partial charge in [0.2, 0.25) is 0 Å². The molecule has 1 aliphatic rings. The summed E-state index contributed by atoms with van der Waals surface area (Å²) in [6.07, 6.45) is 8.00. The summed E-state index contributed by atoms with van der Waals surface area (Å²) < 4.78 is 15.5. The lowest BCUT2D eigenvalue weighted by Crippen LogP contribution is -2.08. The fourth-order valence-corrected chi connectivity index (χ4v) is 6.97. The summed E-state index contributed by atoms with van der Waals surface area (Å²) >= 11 is 0.0535. The summed E-state index contributed by atoms with van der Waals surface area (Å²) in [6, 6.07) is 48.6. The van der Waals surface area contributed by atoms with Gasteiger partial charge in [0.15, 0.2) is 12.3 Å². The molecular weight excluding hydrogens is 620 g/mol. The molecule has 7 aromatic rings. The van der Waals surface area contributed by atoms with Crippen molar-refractivity contribution in [3.63, 3.8) is 0 Å². The number of hydrogen-bond donors (Lipinski definition) is 1. The molecule has 0 heterocycles. The number of anilines is 1. The predicted molar refractivity (Wildman–Crippen MR) is 213 cm³/mol. The van der Waals surface area contributed by atoms with Gasteiger partial charge in [-0.1, -0.05) is 153 Å². The number of rotatable bonds is 6. The number of allylic oxidation sites excluding steroid dienone is 4. The van der Waals surface area contributed by atoms with E-state index >= 15 is 0 Å². The number of halogens is 1. The van der Waals surface area contributed by atoms with Crippen molar-refractivity contribution in [3.8, 4) is 22.3 Å². The SMILES string of the molecule is C=Nc1cc(-c2c3ccccc3c(-c3ccc4ccccc4c3)c3ccccc23)ccc1NSF.CC1(C)C=CC(c2ccccc2)=CC1. The molecule has 49 heavy (non-hydrogen) atoms. The van der Waals surface area contributed by atoms with Gasteiger partial charge in [0.1, 0.15) is 0 Å². The topological polar surface area (TPSA) is 24.4 Å². The number of benzene rings is 7. The highest BCUT2D eigenvalue weighted by Crippen LogP contribution is 2.45. The Morgan fingerprint density at radius 3 is 1.76 bits per heavy atom. The first-order valence-corrected chi connectivity index (χ1v) is 17.2. The average molecular weight is 657 g/mol. The molecule has 0 amide bonds. The minimum Gasteiger partial charge on any atom is -0.300 e. The second-order valence-electron chi connectivity index (χ2n) is 13.0. The van der Waals surface area contributed by atoms with Gasteiger partial charge in [-0.05, 0) is 102 Å². The Bertz CT molecular complexity index is 2320. The molecule has 2 nitrogen and oxygen atoms in total. The number of fused-ring (bicyclic) bond motifs is 3. The lowest BCUT2D eigenvalue weighted by molar-refractivity contribution is 0.485. The summed E-state index contributed by atoms with van der Waals surface area (Å²) in [6.45, 7) is 8.22. The Labute approximate surface area is 292 Å². The van der Waals surface area contributed by atoms with Crippen molar-refractivity contribution in [2.24, 2.45) is 10.4 Å². The number of aliphatic imine (C=N–C) groups is 1. The van der Waals surface area contributed by atoms with Gasteiger partial charge in [0.25, 0.3) is 0 Å². The molecule has 0 aliphatic heterocycles. The highest BCUT2D eigenvalue weighted by molar-refractivity contribution is 7.95. The highest BCUT2D eigenvalue weighted by atomic mass is 32.2. The Kier molecular flexibility index (Phi) is 9.15. The van der Waals surface area contributed by atoms with Gasteiger partial charge in [-0.2, -0.15) is 0 Å². The van der Waals surface area contributed by atoms with E-state index in [9.17, 15) is 3.89 Å². The zero-order chi connectivity index (χ0) is 33.8. The monoisotopic (exact) mass is 656 g/mol. The summed E-state index contributed by atoms with van der Waals surface area (Å²) in [7, 11) is 0. The summed E-state index contributed by atoms with van der Waals surface area (Å²) in [4.78, 5) is 4.14. The number of hydrogen-bond acceptors (Lipinski definition) is 3. The lowest BCUT2D eigenvalue weighted by Gasteiger charge is -2.22. The van der Waals surface area contributed by atoms with E-state index in [1.54, 1.807) is 0 Å². The third-order valence-electron chi connectivity index (χ3n) is 9.24. The maximum atomic E-state index is 12.9. The minimum absolute atomic E-state index is 0.0535. The van der Waals surface area contributed by atoms with Gasteiger partial charge >= 0.3 is 0 Å². The van der Waals surface area contributed by atoms with Crippen LogP contribution in [-0.4, -0.2) is 6.72 Å². The largest absolute Gasteiger partial charge is 0.300 e. The van der Waals surface area contributed by atoms with Crippen LogP contribution in [0.4, 0.5) is 15.3 Å². The molecule has 0 aromatic heterocycles. The van der Waals surface area contributed by atoms with Crippen molar-refractivity contribution in [3.05, 3.63) is 163 Å². The standard InChI is InChI=1S/C31H21FN2S.C14H16/c1-33-29-19-23(16-17-28(29)34-35-32)31-26-12-6-4-10-24(26)30(25-11-5-7-13-27(25)31)22-15-14-20-8-2-3-9-21(20)18-22;1-14(2)10-8-13(9-11-14)12-6-4-3-5-7-12/h2-19,34H,1H2;3-10H,11H2,1-2H3. The second kappa shape index (κ2) is 14.0. The van der Waals surface area contributed by atoms with E-state index in [2.05, 4.69) is 170 Å². The number of nitrogens with zero attached hydrogens (tertiary/aromatic N) is 1. The smallest absolute Gasteiger partial charge is 0.162 e. The third-order valence-corrected chi connectivity index (χ3v) is 9.54. The van der Waals surface area contributed by atoms with Gasteiger partial charge in [-0.15, -0.1) is 3.89 Å². The molecule has 4 heteroatoms. The van der Waals surface area contributed by atoms with E-state index in [0.717, 1.165) is 28.3 Å². The molecule has 240 valence electrons. The van der Waals surface area contributed by atoms with Crippen molar-refractivity contribution in [2.45, 2.75) is 20.3 Å². The number of nitrogens with one attached hydrogen (secondary N) is 1. The normalized spacial score (nSPS) is 13.5. The van der Waals surface area contributed by atoms with Gasteiger partial charge < -0.3 is 4.72 Å². The van der Waals surface area contributed by atoms with Crippen LogP contribution in [0.1, 0.15) is 25.8 Å². The van der Waals surface area contributed by atoms with Crippen LogP contribution in [0, 0.1) is 5.41 Å². The van der Waals surface area contributed by atoms with E-state index in [1.165, 1.54) is 43.8 Å². The molecule has 0 fully saturated rings. The molecule has 0 saturated carbocycles. The van der Waals surface area contributed by atoms with E-state index in [-0.39, 0.29) is 12.3 Å². The lowest BCUT2D eigenvalue weighted by atomic mass is 9.83. The molecule has 0 saturated heterocycles. The molecule has 0 atom stereocenters. The maximum Gasteiger partial charge on any atom is 0.162 e. The van der Waals surface area contributed by atoms with Gasteiger partial charge in [0, 0.05) is 0 Å². The van der Waals surface area contributed by atoms with Crippen LogP contribution >= 0.6 is 12.3 Å². The quantitative estimate of drug-likeness (QED) is 0.109. The van der Waals surface area contributed by atoms with Crippen LogP contribution < -0.4 is 4.72 Å². The van der Waals surface area contributed by atoms with E-state index in [0.29, 0.717) is 16.8 Å². The first-order valence-electron chi connectivity index (χ1n) is 16.5. The molecule has 0 unspecified atom stereocenters. The maximum absolute atomic E-state index is 12.9. The van der Waals surface area contributed by atoms with Crippen molar-refractivity contribution >= 4 is 68.3 Å². The van der Waals surface area contributed by atoms with Crippen molar-refractivity contribution < 1.29 is 3.89 Å². The van der Waals surface area contributed by atoms with Crippen molar-refractivity contribution in [2.75, 3.05) is 4.72 Å². The minimum atomic E-state index is 0.0535. The van der Waals surface area contributed by atoms with Crippen LogP contribution in [0.25, 0.3) is 60.1 Å². The van der Waals surface area contributed by atoms with Crippen LogP contribution in [-0.2, 0) is 0 Å². The molecule has 1 aliphatic carbocycles. The first-order chi connectivity index (χ1) is 24.0. The first kappa shape index (κ1) is 32.1. The zero-order valence-corrected chi connectivity index (χ0v) is 28.5. The Hall–Kier alpha value is -5.45. The molecule has 0 spiro atoms.